The van der Waals surface area contributed by atoms with Crippen molar-refractivity contribution in [3.63, 3.8) is 0 Å². The summed E-state index contributed by atoms with van der Waals surface area (Å²) < 4.78 is 0. The van der Waals surface area contributed by atoms with E-state index in [9.17, 15) is 4.79 Å². The first-order chi connectivity index (χ1) is 14.7. The first-order valence-electron chi connectivity index (χ1n) is 11.5. The van der Waals surface area contributed by atoms with Gasteiger partial charge in [0.1, 0.15) is 0 Å². The lowest BCUT2D eigenvalue weighted by molar-refractivity contribution is 0.0933. The number of para-hydroxylation sites is 1. The Morgan fingerprint density at radius 1 is 0.967 bits per heavy atom. The average Bonchev–Trinajstić information content (AvgIpc) is 2.94. The second-order valence-corrected chi connectivity index (χ2v) is 9.05. The third-order valence-corrected chi connectivity index (χ3v) is 6.79. The molecule has 3 aromatic rings. The highest BCUT2D eigenvalue weighted by Gasteiger charge is 2.28. The van der Waals surface area contributed by atoms with Crippen LogP contribution in [-0.2, 0) is 6.42 Å². The van der Waals surface area contributed by atoms with Crippen molar-refractivity contribution in [2.75, 3.05) is 0 Å². The van der Waals surface area contributed by atoms with E-state index in [0.29, 0.717) is 12.1 Å². The van der Waals surface area contributed by atoms with Crippen LogP contribution < -0.4 is 10.6 Å². The van der Waals surface area contributed by atoms with Crippen LogP contribution in [0.1, 0.15) is 78.7 Å². The number of aromatic nitrogens is 1. The molecule has 2 heterocycles. The molecule has 2 atom stereocenters. The van der Waals surface area contributed by atoms with Crippen LogP contribution in [0.5, 0.6) is 0 Å². The molecule has 1 amide bonds. The van der Waals surface area contributed by atoms with Gasteiger partial charge in [-0.1, -0.05) is 56.0 Å². The van der Waals surface area contributed by atoms with Gasteiger partial charge >= 0.3 is 0 Å². The maximum absolute atomic E-state index is 12.7. The van der Waals surface area contributed by atoms with E-state index in [-0.39, 0.29) is 11.9 Å². The third-order valence-electron chi connectivity index (χ3n) is 6.79. The van der Waals surface area contributed by atoms with Crippen LogP contribution in [0.25, 0.3) is 10.9 Å². The summed E-state index contributed by atoms with van der Waals surface area (Å²) in [5.41, 5.74) is 5.81. The molecule has 1 fully saturated rings. The standard InChI is InChI=1S/C26H31N3O/c1-17-16-22-21-10-6-7-11-23(21)29-25(22)24(27-17)18-12-14-19(15-13-18)26(30)28-20-8-4-2-3-5-9-20/h6-7,10-15,17,20,24,27,29H,2-5,8-9,16H2,1H3,(H,28,30)/t17-,24-/m0/s1. The number of carbonyl (C=O) groups is 1. The molecule has 2 aromatic carbocycles. The molecule has 4 heteroatoms. The molecule has 156 valence electrons. The first-order valence-corrected chi connectivity index (χ1v) is 11.5. The number of nitrogens with one attached hydrogen (secondary N) is 3. The molecule has 0 radical (unpaired) electrons. The van der Waals surface area contributed by atoms with Gasteiger partial charge in [-0.15, -0.1) is 0 Å². The summed E-state index contributed by atoms with van der Waals surface area (Å²) in [6, 6.07) is 17.6. The molecule has 30 heavy (non-hydrogen) atoms. The zero-order valence-corrected chi connectivity index (χ0v) is 17.7. The van der Waals surface area contributed by atoms with Crippen molar-refractivity contribution in [1.82, 2.24) is 15.6 Å². The number of hydrogen-bond acceptors (Lipinski definition) is 2. The summed E-state index contributed by atoms with van der Waals surface area (Å²) in [4.78, 5) is 16.4. The van der Waals surface area contributed by atoms with Crippen molar-refractivity contribution in [1.29, 1.82) is 0 Å². The predicted octanol–water partition coefficient (Wildman–Crippen LogP) is 5.24. The Kier molecular flexibility index (Phi) is 5.34. The average molecular weight is 402 g/mol. The van der Waals surface area contributed by atoms with Crippen molar-refractivity contribution >= 4 is 16.8 Å². The van der Waals surface area contributed by atoms with Gasteiger partial charge in [-0.2, -0.15) is 0 Å². The maximum Gasteiger partial charge on any atom is 0.251 e. The largest absolute Gasteiger partial charge is 0.357 e. The fourth-order valence-electron chi connectivity index (χ4n) is 5.20. The first kappa shape index (κ1) is 19.4. The Morgan fingerprint density at radius 2 is 1.70 bits per heavy atom. The topological polar surface area (TPSA) is 56.9 Å². The maximum atomic E-state index is 12.7. The smallest absolute Gasteiger partial charge is 0.251 e. The van der Waals surface area contributed by atoms with Crippen molar-refractivity contribution in [3.05, 3.63) is 70.9 Å². The van der Waals surface area contributed by atoms with Gasteiger partial charge in [-0.3, -0.25) is 4.79 Å². The fraction of sp³-hybridized carbons (Fsp3) is 0.423. The van der Waals surface area contributed by atoms with Crippen LogP contribution >= 0.6 is 0 Å². The SMILES string of the molecule is C[C@H]1Cc2c([nH]c3ccccc23)[C@H](c2ccc(C(=O)NC3CCCCCC3)cc2)N1. The third kappa shape index (κ3) is 3.77. The second kappa shape index (κ2) is 8.27. The summed E-state index contributed by atoms with van der Waals surface area (Å²) in [5, 5.41) is 8.32. The second-order valence-electron chi connectivity index (χ2n) is 9.05. The minimum atomic E-state index is 0.0599. The number of rotatable bonds is 3. The molecule has 1 aromatic heterocycles. The number of hydrogen-bond donors (Lipinski definition) is 3. The molecule has 0 saturated heterocycles. The Labute approximate surface area is 178 Å². The lowest BCUT2D eigenvalue weighted by atomic mass is 9.90. The molecular weight excluding hydrogens is 370 g/mol. The minimum absolute atomic E-state index is 0.0599. The molecular formula is C26H31N3O. The quantitative estimate of drug-likeness (QED) is 0.526. The van der Waals surface area contributed by atoms with E-state index in [2.05, 4.69) is 58.9 Å². The molecule has 0 unspecified atom stereocenters. The number of fused-ring (bicyclic) bond motifs is 3. The zero-order chi connectivity index (χ0) is 20.5. The summed E-state index contributed by atoms with van der Waals surface area (Å²) in [7, 11) is 0. The lowest BCUT2D eigenvalue weighted by Gasteiger charge is -2.30. The highest BCUT2D eigenvalue weighted by molar-refractivity contribution is 5.94. The van der Waals surface area contributed by atoms with E-state index in [1.54, 1.807) is 0 Å². The normalized spacial score (nSPS) is 22.4. The molecule has 0 bridgehead atoms. The monoisotopic (exact) mass is 401 g/mol. The van der Waals surface area contributed by atoms with Crippen molar-refractivity contribution in [2.24, 2.45) is 0 Å². The fourth-order valence-corrected chi connectivity index (χ4v) is 5.20. The molecule has 0 spiro atoms. The van der Waals surface area contributed by atoms with E-state index in [1.165, 1.54) is 53.4 Å². The summed E-state index contributed by atoms with van der Waals surface area (Å²) in [5.74, 6) is 0.0599. The van der Waals surface area contributed by atoms with Gasteiger partial charge in [0.05, 0.1) is 6.04 Å². The molecule has 3 N–H and O–H groups in total. The Morgan fingerprint density at radius 3 is 2.47 bits per heavy atom. The Bertz CT molecular complexity index is 1030. The van der Waals surface area contributed by atoms with Crippen molar-refractivity contribution in [2.45, 2.75) is 70.0 Å². The Hall–Kier alpha value is -2.59. The number of benzene rings is 2. The molecule has 1 aliphatic carbocycles. The highest BCUT2D eigenvalue weighted by atomic mass is 16.1. The molecule has 2 aliphatic rings. The Balaban J connectivity index is 1.37. The number of amides is 1. The summed E-state index contributed by atoms with van der Waals surface area (Å²) >= 11 is 0. The van der Waals surface area contributed by atoms with Gasteiger partial charge in [0, 0.05) is 34.2 Å². The summed E-state index contributed by atoms with van der Waals surface area (Å²) in [6.07, 6.45) is 8.28. The van der Waals surface area contributed by atoms with Crippen LogP contribution in [0.2, 0.25) is 0 Å². The van der Waals surface area contributed by atoms with E-state index in [4.69, 9.17) is 0 Å². The number of aromatic amines is 1. The van der Waals surface area contributed by atoms with Crippen LogP contribution in [-0.4, -0.2) is 23.0 Å². The lowest BCUT2D eigenvalue weighted by Crippen LogP contribution is -2.38. The van der Waals surface area contributed by atoms with Gasteiger partial charge in [0.15, 0.2) is 0 Å². The van der Waals surface area contributed by atoms with Crippen molar-refractivity contribution in [3.8, 4) is 0 Å². The molecule has 1 aliphatic heterocycles. The van der Waals surface area contributed by atoms with Gasteiger partial charge in [0.25, 0.3) is 5.91 Å². The van der Waals surface area contributed by atoms with Crippen molar-refractivity contribution < 1.29 is 4.79 Å². The van der Waals surface area contributed by atoms with Gasteiger partial charge in [-0.25, -0.2) is 0 Å². The molecule has 5 rings (SSSR count). The van der Waals surface area contributed by atoms with Gasteiger partial charge in [0.2, 0.25) is 0 Å². The van der Waals surface area contributed by atoms with Crippen LogP contribution in [0.3, 0.4) is 0 Å². The zero-order valence-electron chi connectivity index (χ0n) is 17.7. The number of carbonyl (C=O) groups excluding carboxylic acids is 1. The van der Waals surface area contributed by atoms with E-state index in [0.717, 1.165) is 24.8 Å². The summed E-state index contributed by atoms with van der Waals surface area (Å²) in [6.45, 7) is 2.24. The van der Waals surface area contributed by atoms with Gasteiger partial charge < -0.3 is 15.6 Å². The van der Waals surface area contributed by atoms with Crippen LogP contribution in [0.15, 0.2) is 48.5 Å². The predicted molar refractivity (Wildman–Crippen MR) is 122 cm³/mol. The molecule has 1 saturated carbocycles. The van der Waals surface area contributed by atoms with E-state index < -0.39 is 0 Å². The molecule has 4 nitrogen and oxygen atoms in total. The van der Waals surface area contributed by atoms with E-state index in [1.807, 2.05) is 12.1 Å². The minimum Gasteiger partial charge on any atom is -0.357 e. The number of H-pyrrole nitrogens is 1. The van der Waals surface area contributed by atoms with Gasteiger partial charge in [-0.05, 0) is 55.5 Å². The van der Waals surface area contributed by atoms with Crippen LogP contribution in [0, 0.1) is 0 Å². The van der Waals surface area contributed by atoms with E-state index >= 15 is 0 Å². The highest BCUT2D eigenvalue weighted by Crippen LogP contribution is 2.35. The van der Waals surface area contributed by atoms with Crippen LogP contribution in [0.4, 0.5) is 0 Å².